The summed E-state index contributed by atoms with van der Waals surface area (Å²) in [6.07, 6.45) is -4.76. The number of carboxylic acids is 1. The number of benzene rings is 1. The number of carbonyl (C=O) groups excluding carboxylic acids is 1. The first-order chi connectivity index (χ1) is 15.3. The zero-order chi connectivity index (χ0) is 22.8. The number of ether oxygens (including phenoxy) is 3. The lowest BCUT2D eigenvalue weighted by molar-refractivity contribution is -0.278. The van der Waals surface area contributed by atoms with E-state index >= 15 is 0 Å². The lowest BCUT2D eigenvalue weighted by Crippen LogP contribution is -2.60. The van der Waals surface area contributed by atoms with E-state index in [4.69, 9.17) is 19.3 Å². The third kappa shape index (κ3) is 4.59. The maximum Gasteiger partial charge on any atom is 0.317 e. The van der Waals surface area contributed by atoms with Crippen LogP contribution in [-0.4, -0.2) is 79.6 Å². The molecular formula is C20H20N2O9S. The molecule has 12 heteroatoms. The number of rotatable bonds is 7. The quantitative estimate of drug-likeness (QED) is 0.245. The first-order valence-electron chi connectivity index (χ1n) is 9.58. The van der Waals surface area contributed by atoms with Crippen LogP contribution in [0.15, 0.2) is 36.0 Å². The molecule has 1 aliphatic heterocycles. The minimum absolute atomic E-state index is 0.323. The Balaban J connectivity index is 1.49. The van der Waals surface area contributed by atoms with Crippen molar-refractivity contribution in [2.24, 2.45) is 0 Å². The van der Waals surface area contributed by atoms with Gasteiger partial charge in [-0.15, -0.1) is 11.3 Å². The molecule has 1 saturated heterocycles. The summed E-state index contributed by atoms with van der Waals surface area (Å²) in [6.45, 7) is -0.526. The number of aliphatic carboxylic acids is 1. The number of fused-ring (bicyclic) bond motifs is 1. The first kappa shape index (κ1) is 22.2. The molecule has 0 amide bonds. The Labute approximate surface area is 184 Å². The van der Waals surface area contributed by atoms with E-state index < -0.39 is 55.7 Å². The van der Waals surface area contributed by atoms with Gasteiger partial charge in [0, 0.05) is 34.2 Å². The normalized spacial score (nSPS) is 25.5. The predicted octanol–water partition coefficient (Wildman–Crippen LogP) is 0.496. The molecule has 5 N–H and O–H groups in total. The van der Waals surface area contributed by atoms with Crippen LogP contribution < -0.4 is 4.74 Å². The number of aromatic amines is 1. The highest BCUT2D eigenvalue weighted by Crippen LogP contribution is 2.33. The van der Waals surface area contributed by atoms with Crippen molar-refractivity contribution in [3.05, 3.63) is 36.0 Å². The van der Waals surface area contributed by atoms with Crippen LogP contribution in [0.1, 0.15) is 6.42 Å². The van der Waals surface area contributed by atoms with Crippen molar-refractivity contribution in [2.45, 2.75) is 37.1 Å². The summed E-state index contributed by atoms with van der Waals surface area (Å²) in [6, 6.07) is 5.13. The van der Waals surface area contributed by atoms with Gasteiger partial charge < -0.3 is 39.6 Å². The van der Waals surface area contributed by atoms with Crippen molar-refractivity contribution >= 4 is 34.2 Å². The molecule has 170 valence electrons. The number of carbonyl (C=O) groups is 2. The van der Waals surface area contributed by atoms with Crippen molar-refractivity contribution in [2.75, 3.05) is 6.61 Å². The number of thiazole rings is 1. The Kier molecular flexibility index (Phi) is 6.39. The Morgan fingerprint density at radius 1 is 1.19 bits per heavy atom. The molecule has 0 aliphatic carbocycles. The van der Waals surface area contributed by atoms with Gasteiger partial charge in [-0.1, -0.05) is 0 Å². The van der Waals surface area contributed by atoms with Crippen LogP contribution in [-0.2, 0) is 19.1 Å². The highest BCUT2D eigenvalue weighted by molar-refractivity contribution is 7.13. The number of aliphatic hydroxyl groups is 3. The second-order valence-corrected chi connectivity index (χ2v) is 8.03. The minimum atomic E-state index is -1.64. The fourth-order valence-electron chi connectivity index (χ4n) is 3.34. The number of esters is 1. The van der Waals surface area contributed by atoms with Gasteiger partial charge in [-0.25, -0.2) is 4.98 Å². The number of aliphatic hydroxyl groups excluding tert-OH is 3. The number of nitrogens with zero attached hydrogens (tertiary/aromatic N) is 1. The van der Waals surface area contributed by atoms with E-state index in [1.54, 1.807) is 24.4 Å². The van der Waals surface area contributed by atoms with Gasteiger partial charge in [-0.05, 0) is 18.2 Å². The van der Waals surface area contributed by atoms with Crippen molar-refractivity contribution in [3.63, 3.8) is 0 Å². The highest BCUT2D eigenvalue weighted by atomic mass is 32.1. The minimum Gasteiger partial charge on any atom is -0.481 e. The average molecular weight is 464 g/mol. The van der Waals surface area contributed by atoms with E-state index in [1.807, 2.05) is 11.6 Å². The monoisotopic (exact) mass is 464 g/mol. The van der Waals surface area contributed by atoms with Crippen LogP contribution in [0.3, 0.4) is 0 Å². The predicted molar refractivity (Wildman–Crippen MR) is 110 cm³/mol. The first-order valence-corrected chi connectivity index (χ1v) is 10.5. The maximum atomic E-state index is 11.5. The van der Waals surface area contributed by atoms with Gasteiger partial charge in [0.25, 0.3) is 0 Å². The van der Waals surface area contributed by atoms with Crippen molar-refractivity contribution < 1.29 is 44.2 Å². The third-order valence-corrected chi connectivity index (χ3v) is 5.75. The van der Waals surface area contributed by atoms with E-state index in [9.17, 15) is 24.9 Å². The molecule has 11 nitrogen and oxygen atoms in total. The van der Waals surface area contributed by atoms with Crippen molar-refractivity contribution in [1.82, 2.24) is 9.97 Å². The topological polar surface area (TPSA) is 171 Å². The second-order valence-electron chi connectivity index (χ2n) is 7.13. The molecule has 4 rings (SSSR count). The summed E-state index contributed by atoms with van der Waals surface area (Å²) in [4.78, 5) is 29.5. The van der Waals surface area contributed by atoms with Crippen molar-refractivity contribution in [3.8, 4) is 16.3 Å². The molecule has 1 aromatic carbocycles. The van der Waals surface area contributed by atoms with E-state index in [0.717, 1.165) is 21.5 Å². The van der Waals surface area contributed by atoms with Crippen LogP contribution in [0.4, 0.5) is 0 Å². The molecule has 32 heavy (non-hydrogen) atoms. The number of nitrogens with one attached hydrogen (secondary N) is 1. The number of hydrogen-bond donors (Lipinski definition) is 5. The Hall–Kier alpha value is -3.03. The summed E-state index contributed by atoms with van der Waals surface area (Å²) in [5.41, 5.74) is 1.70. The summed E-state index contributed by atoms with van der Waals surface area (Å²) in [7, 11) is 0. The van der Waals surface area contributed by atoms with E-state index in [1.165, 1.54) is 11.3 Å². The Bertz CT molecular complexity index is 1100. The standard InChI is InChI=1S/C20H20N2O9S/c23-14(24)6-15(25)29-8-13-16(26)17(27)18(28)20(31-13)30-9-1-2-12-10(5-9)11(7-22-12)19-21-3-4-32-19/h1-5,7,13,16-18,20,22,26-28H,6,8H2,(H,23,24)/t13-,16+,17-,18-,20-/m1/s1. The molecule has 3 heterocycles. The van der Waals surface area contributed by atoms with Gasteiger partial charge in [0.2, 0.25) is 6.29 Å². The largest absolute Gasteiger partial charge is 0.481 e. The van der Waals surface area contributed by atoms with E-state index in [2.05, 4.69) is 9.97 Å². The second kappa shape index (κ2) is 9.22. The molecule has 0 spiro atoms. The Morgan fingerprint density at radius 2 is 2.00 bits per heavy atom. The number of carboxylic acid groups (broad SMARTS) is 1. The van der Waals surface area contributed by atoms with E-state index in [-0.39, 0.29) is 0 Å². The smallest absolute Gasteiger partial charge is 0.317 e. The Morgan fingerprint density at radius 3 is 2.72 bits per heavy atom. The number of aromatic nitrogens is 2. The van der Waals surface area contributed by atoms with Gasteiger partial charge in [0.1, 0.15) is 48.2 Å². The summed E-state index contributed by atoms with van der Waals surface area (Å²) in [5.74, 6) is -2.07. The summed E-state index contributed by atoms with van der Waals surface area (Å²) >= 11 is 1.47. The summed E-state index contributed by atoms with van der Waals surface area (Å²) < 4.78 is 16.0. The molecule has 1 fully saturated rings. The van der Waals surface area contributed by atoms with Gasteiger partial charge in [-0.2, -0.15) is 0 Å². The molecule has 0 saturated carbocycles. The molecule has 2 aromatic heterocycles. The highest BCUT2D eigenvalue weighted by Gasteiger charge is 2.45. The van der Waals surface area contributed by atoms with Gasteiger partial charge in [-0.3, -0.25) is 9.59 Å². The van der Waals surface area contributed by atoms with Crippen LogP contribution in [0.2, 0.25) is 0 Å². The van der Waals surface area contributed by atoms with Gasteiger partial charge >= 0.3 is 11.9 Å². The molecule has 0 unspecified atom stereocenters. The van der Waals surface area contributed by atoms with Crippen LogP contribution in [0.25, 0.3) is 21.5 Å². The third-order valence-electron chi connectivity index (χ3n) is 4.94. The molecule has 0 bridgehead atoms. The SMILES string of the molecule is O=C(O)CC(=O)OC[C@H]1O[C@@H](Oc2ccc3[nH]cc(-c4nccs4)c3c2)[C@H](O)[C@H](O)[C@H]1O. The fraction of sp³-hybridized carbons (Fsp3) is 0.350. The number of H-pyrrole nitrogens is 1. The molecule has 0 radical (unpaired) electrons. The van der Waals surface area contributed by atoms with E-state index in [0.29, 0.717) is 5.75 Å². The molecule has 5 atom stereocenters. The number of hydrogen-bond acceptors (Lipinski definition) is 10. The lowest BCUT2D eigenvalue weighted by Gasteiger charge is -2.39. The van der Waals surface area contributed by atoms with Crippen LogP contribution in [0, 0.1) is 0 Å². The van der Waals surface area contributed by atoms with Crippen LogP contribution >= 0.6 is 11.3 Å². The lowest BCUT2D eigenvalue weighted by atomic mass is 9.99. The summed E-state index contributed by atoms with van der Waals surface area (Å²) in [5, 5.41) is 42.7. The molecule has 3 aromatic rings. The average Bonchev–Trinajstić information content (AvgIpc) is 3.42. The maximum absolute atomic E-state index is 11.5. The fourth-order valence-corrected chi connectivity index (χ4v) is 4.01. The zero-order valence-corrected chi connectivity index (χ0v) is 17.3. The van der Waals surface area contributed by atoms with Gasteiger partial charge in [0.15, 0.2) is 0 Å². The molecule has 1 aliphatic rings. The van der Waals surface area contributed by atoms with Gasteiger partial charge in [0.05, 0.1) is 0 Å². The van der Waals surface area contributed by atoms with Crippen LogP contribution in [0.5, 0.6) is 5.75 Å². The van der Waals surface area contributed by atoms with Crippen molar-refractivity contribution in [1.29, 1.82) is 0 Å². The molecular weight excluding hydrogens is 444 g/mol. The zero-order valence-electron chi connectivity index (χ0n) is 16.5.